The molecule has 2 aromatic carbocycles. The molecule has 0 radical (unpaired) electrons. The molecular formula is C30H23N7O. The predicted molar refractivity (Wildman–Crippen MR) is 148 cm³/mol. The second kappa shape index (κ2) is 9.96. The number of hydrogen-bond donors (Lipinski definition) is 1. The Hall–Kier alpha value is -5.34. The van der Waals surface area contributed by atoms with Gasteiger partial charge in [0.25, 0.3) is 0 Å². The van der Waals surface area contributed by atoms with Crippen LogP contribution in [0.5, 0.6) is 0 Å². The number of nitrogens with zero attached hydrogens (tertiary/aromatic N) is 6. The van der Waals surface area contributed by atoms with Gasteiger partial charge in [0.2, 0.25) is 5.95 Å². The van der Waals surface area contributed by atoms with E-state index in [2.05, 4.69) is 27.9 Å². The third-order valence-corrected chi connectivity index (χ3v) is 6.13. The number of rotatable bonds is 5. The Labute approximate surface area is 219 Å². The van der Waals surface area contributed by atoms with Crippen LogP contribution >= 0.6 is 0 Å². The van der Waals surface area contributed by atoms with Gasteiger partial charge in [-0.15, -0.1) is 0 Å². The van der Waals surface area contributed by atoms with Crippen molar-refractivity contribution in [3.63, 3.8) is 0 Å². The quantitative estimate of drug-likeness (QED) is 0.279. The van der Waals surface area contributed by atoms with Gasteiger partial charge in [0.05, 0.1) is 34.6 Å². The topological polar surface area (TPSA) is 112 Å². The van der Waals surface area contributed by atoms with Crippen LogP contribution in [0.3, 0.4) is 0 Å². The highest BCUT2D eigenvalue weighted by molar-refractivity contribution is 6.45. The van der Waals surface area contributed by atoms with E-state index in [-0.39, 0.29) is 23.5 Å². The van der Waals surface area contributed by atoms with Crippen LogP contribution in [-0.4, -0.2) is 45.1 Å². The summed E-state index contributed by atoms with van der Waals surface area (Å²) in [5.74, 6) is 6.69. The van der Waals surface area contributed by atoms with Gasteiger partial charge >= 0.3 is 0 Å². The average Bonchev–Trinajstić information content (AvgIpc) is 3.36. The molecule has 1 N–H and O–H groups in total. The molecule has 0 aliphatic carbocycles. The maximum absolute atomic E-state index is 12.2. The number of anilines is 1. The molecule has 3 heterocycles. The first kappa shape index (κ1) is 24.4. The van der Waals surface area contributed by atoms with Crippen LogP contribution in [0.1, 0.15) is 35.6 Å². The molecule has 0 saturated heterocycles. The van der Waals surface area contributed by atoms with Crippen LogP contribution < -0.4 is 4.90 Å². The largest absolute Gasteiger partial charge is 0.348 e. The van der Waals surface area contributed by atoms with E-state index in [9.17, 15) is 10.1 Å². The maximum Gasteiger partial charge on any atom is 0.210 e. The molecule has 3 aromatic heterocycles. The Morgan fingerprint density at radius 3 is 2.58 bits per heavy atom. The number of hydrogen-bond acceptors (Lipinski definition) is 7. The number of pyridine rings is 2. The first-order valence-electron chi connectivity index (χ1n) is 12.0. The van der Waals surface area contributed by atoms with Crippen molar-refractivity contribution in [2.24, 2.45) is 0 Å². The normalized spacial score (nSPS) is 10.6. The van der Waals surface area contributed by atoms with Crippen molar-refractivity contribution in [3.05, 3.63) is 89.4 Å². The lowest BCUT2D eigenvalue weighted by molar-refractivity contribution is -0.112. The van der Waals surface area contributed by atoms with Crippen molar-refractivity contribution in [1.82, 2.24) is 19.5 Å². The fraction of sp³-hybridized carbons (Fsp3) is 0.133. The molecule has 0 bridgehead atoms. The van der Waals surface area contributed by atoms with E-state index in [4.69, 9.17) is 10.4 Å². The van der Waals surface area contributed by atoms with E-state index in [1.807, 2.05) is 53.9 Å². The molecule has 184 valence electrons. The summed E-state index contributed by atoms with van der Waals surface area (Å²) in [5, 5.41) is 19.0. The maximum atomic E-state index is 12.2. The highest BCUT2D eigenvalue weighted by Gasteiger charge is 2.20. The molecule has 0 aliphatic rings. The molecule has 5 aromatic rings. The third-order valence-electron chi connectivity index (χ3n) is 6.13. The van der Waals surface area contributed by atoms with Crippen LogP contribution in [0.2, 0.25) is 0 Å². The summed E-state index contributed by atoms with van der Waals surface area (Å²) in [6, 6.07) is 16.9. The summed E-state index contributed by atoms with van der Waals surface area (Å²) < 4.78 is 1.97. The first-order chi connectivity index (χ1) is 18.4. The summed E-state index contributed by atoms with van der Waals surface area (Å²) in [7, 11) is 3.79. The molecule has 0 fully saturated rings. The molecule has 0 unspecified atom stereocenters. The zero-order valence-corrected chi connectivity index (χ0v) is 21.1. The van der Waals surface area contributed by atoms with E-state index in [0.717, 1.165) is 27.5 Å². The standard InChI is InChI=1S/C30H23N7O/c1-4-27(38)28(32)23-11-10-22(15-21(23)16-31)37-29-24-14-19(7-8-20-6-5-13-33-17-20)9-12-25(24)34-18-26(29)35-30(37)36(2)3/h5-6,9-15,17-18,32H,4H2,1-3H3. The predicted octanol–water partition coefficient (Wildman–Crippen LogP) is 4.65. The molecule has 8 nitrogen and oxygen atoms in total. The van der Waals surface area contributed by atoms with Crippen LogP contribution in [0.25, 0.3) is 27.6 Å². The number of carbonyl (C=O) groups excluding carboxylic acids is 1. The van der Waals surface area contributed by atoms with Gasteiger partial charge in [-0.1, -0.05) is 18.8 Å². The molecule has 0 amide bonds. The summed E-state index contributed by atoms with van der Waals surface area (Å²) in [4.78, 5) is 27.6. The van der Waals surface area contributed by atoms with Crippen LogP contribution in [0.4, 0.5) is 5.95 Å². The van der Waals surface area contributed by atoms with Crippen molar-refractivity contribution >= 4 is 39.4 Å². The second-order valence-electron chi connectivity index (χ2n) is 8.85. The molecule has 38 heavy (non-hydrogen) atoms. The van der Waals surface area contributed by atoms with Gasteiger partial charge in [-0.2, -0.15) is 5.26 Å². The van der Waals surface area contributed by atoms with Gasteiger partial charge in [0.15, 0.2) is 5.78 Å². The van der Waals surface area contributed by atoms with Gasteiger partial charge < -0.3 is 4.90 Å². The lowest BCUT2D eigenvalue weighted by Crippen LogP contribution is -2.16. The van der Waals surface area contributed by atoms with Crippen LogP contribution in [0, 0.1) is 28.6 Å². The number of nitriles is 1. The summed E-state index contributed by atoms with van der Waals surface area (Å²) in [6.07, 6.45) is 5.36. The van der Waals surface area contributed by atoms with E-state index >= 15 is 0 Å². The molecular weight excluding hydrogens is 474 g/mol. The zero-order valence-electron chi connectivity index (χ0n) is 21.1. The van der Waals surface area contributed by atoms with Gasteiger partial charge in [0, 0.05) is 55.0 Å². The number of aromatic nitrogens is 4. The summed E-state index contributed by atoms with van der Waals surface area (Å²) in [6.45, 7) is 1.70. The van der Waals surface area contributed by atoms with Crippen molar-refractivity contribution in [2.75, 3.05) is 19.0 Å². The van der Waals surface area contributed by atoms with E-state index in [1.165, 1.54) is 0 Å². The minimum atomic E-state index is -0.312. The minimum absolute atomic E-state index is 0.162. The van der Waals surface area contributed by atoms with E-state index < -0.39 is 0 Å². The fourth-order valence-electron chi connectivity index (χ4n) is 4.25. The number of ketones is 1. The number of nitrogens with one attached hydrogen (secondary N) is 1. The number of Topliss-reactive ketones (excluding diaryl/α,β-unsaturated/α-hetero) is 1. The first-order valence-corrected chi connectivity index (χ1v) is 12.0. The third kappa shape index (κ3) is 4.36. The molecule has 0 atom stereocenters. The molecule has 0 saturated carbocycles. The SMILES string of the molecule is CCC(=O)C(=N)c1ccc(-n2c(N(C)C)nc3cnc4ccc(C#Cc5cccnc5)cc4c32)cc1C#N. The van der Waals surface area contributed by atoms with Crippen LogP contribution in [-0.2, 0) is 4.79 Å². The Balaban J connectivity index is 1.74. The van der Waals surface area contributed by atoms with Gasteiger partial charge in [-0.05, 0) is 48.5 Å². The zero-order chi connectivity index (χ0) is 26.8. The van der Waals surface area contributed by atoms with E-state index in [1.54, 1.807) is 43.7 Å². The van der Waals surface area contributed by atoms with Crippen LogP contribution in [0.15, 0.2) is 67.1 Å². The molecule has 8 heteroatoms. The minimum Gasteiger partial charge on any atom is -0.348 e. The smallest absolute Gasteiger partial charge is 0.210 e. The Kier molecular flexibility index (Phi) is 6.39. The lowest BCUT2D eigenvalue weighted by atomic mass is 9.99. The number of benzene rings is 2. The Bertz CT molecular complexity index is 1830. The number of imidazole rings is 1. The Morgan fingerprint density at radius 2 is 1.87 bits per heavy atom. The monoisotopic (exact) mass is 497 g/mol. The average molecular weight is 498 g/mol. The number of fused-ring (bicyclic) bond motifs is 3. The second-order valence-corrected chi connectivity index (χ2v) is 8.85. The van der Waals surface area contributed by atoms with Gasteiger partial charge in [-0.25, -0.2) is 4.98 Å². The van der Waals surface area contributed by atoms with Crippen molar-refractivity contribution in [2.45, 2.75) is 13.3 Å². The summed E-state index contributed by atoms with van der Waals surface area (Å²) >= 11 is 0. The van der Waals surface area contributed by atoms with Crippen molar-refractivity contribution in [3.8, 4) is 23.6 Å². The van der Waals surface area contributed by atoms with Gasteiger partial charge in [-0.3, -0.25) is 24.7 Å². The highest BCUT2D eigenvalue weighted by atomic mass is 16.1. The highest BCUT2D eigenvalue weighted by Crippen LogP contribution is 2.32. The van der Waals surface area contributed by atoms with Gasteiger partial charge in [0.1, 0.15) is 11.2 Å². The Morgan fingerprint density at radius 1 is 1.05 bits per heavy atom. The van der Waals surface area contributed by atoms with Crippen molar-refractivity contribution in [1.29, 1.82) is 10.7 Å². The van der Waals surface area contributed by atoms with E-state index in [0.29, 0.717) is 22.7 Å². The molecule has 0 aliphatic heterocycles. The molecule has 5 rings (SSSR count). The fourth-order valence-corrected chi connectivity index (χ4v) is 4.25. The van der Waals surface area contributed by atoms with Crippen molar-refractivity contribution < 1.29 is 4.79 Å². The molecule has 0 spiro atoms. The lowest BCUT2D eigenvalue weighted by Gasteiger charge is -2.16. The number of carbonyl (C=O) groups is 1. The summed E-state index contributed by atoms with van der Waals surface area (Å²) in [5.41, 5.74) is 5.02.